The summed E-state index contributed by atoms with van der Waals surface area (Å²) in [6, 6.07) is 8.34. The Morgan fingerprint density at radius 2 is 2.15 bits per heavy atom. The van der Waals surface area contributed by atoms with E-state index in [1.54, 1.807) is 6.20 Å². The second-order valence-electron chi connectivity index (χ2n) is 7.07. The van der Waals surface area contributed by atoms with Crippen molar-refractivity contribution in [2.45, 2.75) is 32.5 Å². The molecule has 1 aromatic heterocycles. The van der Waals surface area contributed by atoms with Crippen LogP contribution in [0, 0.1) is 5.92 Å². The summed E-state index contributed by atoms with van der Waals surface area (Å²) in [4.78, 5) is 22.1. The van der Waals surface area contributed by atoms with E-state index in [4.69, 9.17) is 4.74 Å². The number of aromatic nitrogens is 2. The Bertz CT molecular complexity index is 788. The van der Waals surface area contributed by atoms with Crippen LogP contribution in [0.25, 0.3) is 0 Å². The predicted molar refractivity (Wildman–Crippen MR) is 99.8 cm³/mol. The first-order chi connectivity index (χ1) is 12.7. The van der Waals surface area contributed by atoms with Crippen molar-refractivity contribution in [3.8, 4) is 0 Å². The lowest BCUT2D eigenvalue weighted by Crippen LogP contribution is -2.39. The van der Waals surface area contributed by atoms with Crippen molar-refractivity contribution in [1.82, 2.24) is 14.5 Å². The number of rotatable bonds is 3. The number of ether oxygens (including phenoxy) is 1. The van der Waals surface area contributed by atoms with Crippen molar-refractivity contribution >= 4 is 11.6 Å². The molecule has 4 rings (SSSR count). The van der Waals surface area contributed by atoms with Crippen LogP contribution >= 0.6 is 0 Å². The van der Waals surface area contributed by atoms with E-state index in [1.165, 1.54) is 11.3 Å². The first kappa shape index (κ1) is 17.1. The van der Waals surface area contributed by atoms with Crippen molar-refractivity contribution in [3.05, 3.63) is 48.0 Å². The van der Waals surface area contributed by atoms with Gasteiger partial charge in [-0.05, 0) is 25.0 Å². The van der Waals surface area contributed by atoms with Gasteiger partial charge in [0.25, 0.3) is 0 Å². The summed E-state index contributed by atoms with van der Waals surface area (Å²) in [5, 5.41) is 0. The summed E-state index contributed by atoms with van der Waals surface area (Å²) < 4.78 is 8.02. The molecule has 6 nitrogen and oxygen atoms in total. The minimum atomic E-state index is -0.242. The highest BCUT2D eigenvalue weighted by Crippen LogP contribution is 2.36. The zero-order chi connectivity index (χ0) is 18.1. The van der Waals surface area contributed by atoms with Gasteiger partial charge in [-0.15, -0.1) is 0 Å². The molecule has 26 heavy (non-hydrogen) atoms. The third kappa shape index (κ3) is 2.98. The molecule has 0 bridgehead atoms. The van der Waals surface area contributed by atoms with Crippen LogP contribution < -0.4 is 4.90 Å². The Morgan fingerprint density at radius 3 is 3.00 bits per heavy atom. The van der Waals surface area contributed by atoms with Crippen LogP contribution in [-0.2, 0) is 22.6 Å². The molecule has 0 spiro atoms. The highest BCUT2D eigenvalue weighted by atomic mass is 16.5. The predicted octanol–water partition coefficient (Wildman–Crippen LogP) is 2.46. The van der Waals surface area contributed by atoms with Gasteiger partial charge in [-0.1, -0.05) is 18.2 Å². The van der Waals surface area contributed by atoms with Crippen LogP contribution in [0.3, 0.4) is 0 Å². The third-order valence-electron chi connectivity index (χ3n) is 5.53. The molecule has 6 heteroatoms. The van der Waals surface area contributed by atoms with E-state index in [-0.39, 0.29) is 17.9 Å². The first-order valence-corrected chi connectivity index (χ1v) is 9.39. The molecular formula is C20H26N4O2. The topological polar surface area (TPSA) is 50.6 Å². The number of hydrogen-bond acceptors (Lipinski definition) is 4. The van der Waals surface area contributed by atoms with Crippen LogP contribution in [-0.4, -0.2) is 47.1 Å². The molecule has 138 valence electrons. The maximum atomic E-state index is 13.4. The highest BCUT2D eigenvalue weighted by Gasteiger charge is 2.40. The number of fused-ring (bicyclic) bond motifs is 1. The van der Waals surface area contributed by atoms with Gasteiger partial charge in [-0.2, -0.15) is 0 Å². The molecule has 2 aromatic rings. The maximum Gasteiger partial charge on any atom is 0.229 e. The van der Waals surface area contributed by atoms with E-state index in [0.717, 1.165) is 31.9 Å². The zero-order valence-electron chi connectivity index (χ0n) is 15.5. The number of amides is 1. The number of carbonyl (C=O) groups is 1. The Hall–Kier alpha value is -2.34. The van der Waals surface area contributed by atoms with E-state index in [2.05, 4.69) is 46.6 Å². The number of anilines is 1. The van der Waals surface area contributed by atoms with Gasteiger partial charge in [-0.3, -0.25) is 4.79 Å². The lowest BCUT2D eigenvalue weighted by atomic mass is 9.98. The second kappa shape index (κ2) is 7.11. The lowest BCUT2D eigenvalue weighted by molar-refractivity contribution is -0.138. The molecule has 2 atom stereocenters. The summed E-state index contributed by atoms with van der Waals surface area (Å²) in [5.74, 6) is 0.900. The van der Waals surface area contributed by atoms with Crippen molar-refractivity contribution < 1.29 is 9.53 Å². The standard InChI is InChI=1S/C20H26N4O2/c1-3-23-10-9-21-19(23)18-16(8-13-26-18)20(25)24-12-11-22(2)17-7-5-4-6-15(17)14-24/h4-7,9-10,16,18H,3,8,11-14H2,1-2H3/t16-,18-/m1/s1. The van der Waals surface area contributed by atoms with E-state index >= 15 is 0 Å². The number of carbonyl (C=O) groups excluding carboxylic acids is 1. The van der Waals surface area contributed by atoms with Crippen molar-refractivity contribution in [2.75, 3.05) is 31.6 Å². The van der Waals surface area contributed by atoms with Gasteiger partial charge in [0.05, 0.1) is 5.92 Å². The smallest absolute Gasteiger partial charge is 0.229 e. The summed E-state index contributed by atoms with van der Waals surface area (Å²) >= 11 is 0. The number of hydrogen-bond donors (Lipinski definition) is 0. The average Bonchev–Trinajstić information content (AvgIpc) is 3.29. The first-order valence-electron chi connectivity index (χ1n) is 9.39. The molecule has 0 radical (unpaired) electrons. The molecular weight excluding hydrogens is 328 g/mol. The minimum absolute atomic E-state index is 0.154. The molecule has 0 saturated carbocycles. The number of nitrogens with zero attached hydrogens (tertiary/aromatic N) is 4. The van der Waals surface area contributed by atoms with Crippen molar-refractivity contribution in [3.63, 3.8) is 0 Å². The highest BCUT2D eigenvalue weighted by molar-refractivity contribution is 5.80. The van der Waals surface area contributed by atoms with Crippen molar-refractivity contribution in [1.29, 1.82) is 0 Å². The number of likely N-dealkylation sites (N-methyl/N-ethyl adjacent to an activating group) is 1. The van der Waals surface area contributed by atoms with Crippen LogP contribution in [0.2, 0.25) is 0 Å². The van der Waals surface area contributed by atoms with Crippen molar-refractivity contribution in [2.24, 2.45) is 5.92 Å². The van der Waals surface area contributed by atoms with Gasteiger partial charge in [0, 0.05) is 57.9 Å². The molecule has 1 fully saturated rings. The van der Waals surface area contributed by atoms with Gasteiger partial charge in [0.15, 0.2) is 0 Å². The number of aryl methyl sites for hydroxylation is 1. The Labute approximate surface area is 154 Å². The van der Waals surface area contributed by atoms with Gasteiger partial charge in [0.1, 0.15) is 11.9 Å². The van der Waals surface area contributed by atoms with E-state index < -0.39 is 0 Å². The number of imidazole rings is 1. The summed E-state index contributed by atoms with van der Waals surface area (Å²) in [5.41, 5.74) is 2.41. The van der Waals surface area contributed by atoms with Crippen LogP contribution in [0.4, 0.5) is 5.69 Å². The van der Waals surface area contributed by atoms with E-state index in [1.807, 2.05) is 17.2 Å². The molecule has 0 aliphatic carbocycles. The van der Waals surface area contributed by atoms with Crippen LogP contribution in [0.5, 0.6) is 0 Å². The lowest BCUT2D eigenvalue weighted by Gasteiger charge is -2.26. The van der Waals surface area contributed by atoms with E-state index in [0.29, 0.717) is 13.2 Å². The quantitative estimate of drug-likeness (QED) is 0.850. The molecule has 0 unspecified atom stereocenters. The van der Waals surface area contributed by atoms with Gasteiger partial charge in [-0.25, -0.2) is 4.98 Å². The fourth-order valence-corrected chi connectivity index (χ4v) is 4.06. The normalized spacial score (nSPS) is 23.0. The molecule has 2 aliphatic rings. The Morgan fingerprint density at radius 1 is 1.31 bits per heavy atom. The van der Waals surface area contributed by atoms with Crippen LogP contribution in [0.15, 0.2) is 36.7 Å². The monoisotopic (exact) mass is 354 g/mol. The molecule has 1 saturated heterocycles. The maximum absolute atomic E-state index is 13.4. The number of para-hydroxylation sites is 1. The van der Waals surface area contributed by atoms with Gasteiger partial charge >= 0.3 is 0 Å². The Kier molecular flexibility index (Phi) is 4.68. The SMILES string of the molecule is CCn1ccnc1[C@@H]1OCC[C@H]1C(=O)N1CCN(C)c2ccccc2C1. The molecule has 1 aromatic carbocycles. The summed E-state index contributed by atoms with van der Waals surface area (Å²) in [7, 11) is 2.09. The molecule has 1 amide bonds. The fraction of sp³-hybridized carbons (Fsp3) is 0.500. The second-order valence-corrected chi connectivity index (χ2v) is 7.07. The zero-order valence-corrected chi connectivity index (χ0v) is 15.5. The average molecular weight is 354 g/mol. The Balaban J connectivity index is 1.57. The minimum Gasteiger partial charge on any atom is -0.373 e. The molecule has 2 aliphatic heterocycles. The third-order valence-corrected chi connectivity index (χ3v) is 5.53. The molecule has 0 N–H and O–H groups in total. The van der Waals surface area contributed by atoms with Gasteiger partial charge in [0.2, 0.25) is 5.91 Å². The fourth-order valence-electron chi connectivity index (χ4n) is 4.06. The molecule has 3 heterocycles. The van der Waals surface area contributed by atoms with Gasteiger partial charge < -0.3 is 19.1 Å². The number of benzene rings is 1. The summed E-state index contributed by atoms with van der Waals surface area (Å²) in [6.45, 7) is 5.75. The van der Waals surface area contributed by atoms with E-state index in [9.17, 15) is 4.79 Å². The summed E-state index contributed by atoms with van der Waals surface area (Å²) in [6.07, 6.45) is 4.26. The largest absolute Gasteiger partial charge is 0.373 e. The van der Waals surface area contributed by atoms with Crippen LogP contribution in [0.1, 0.15) is 30.8 Å².